The topological polar surface area (TPSA) is 26.0 Å². The van der Waals surface area contributed by atoms with Gasteiger partial charge in [-0.25, -0.2) is 0 Å². The van der Waals surface area contributed by atoms with Crippen LogP contribution in [0.25, 0.3) is 0 Å². The lowest BCUT2D eigenvalue weighted by Crippen LogP contribution is -2.45. The first-order chi connectivity index (χ1) is 6.29. The number of fused-ring (bicyclic) bond motifs is 4. The molecule has 72 valence electrons. The van der Waals surface area contributed by atoms with Crippen LogP contribution in [-0.4, -0.2) is 6.04 Å². The highest BCUT2D eigenvalue weighted by Gasteiger charge is 2.64. The fourth-order valence-corrected chi connectivity index (χ4v) is 5.08. The number of rotatable bonds is 0. The van der Waals surface area contributed by atoms with E-state index in [9.17, 15) is 0 Å². The molecule has 1 spiro atoms. The molecule has 0 aliphatic heterocycles. The Labute approximate surface area is 80.1 Å². The summed E-state index contributed by atoms with van der Waals surface area (Å²) in [4.78, 5) is 0. The van der Waals surface area contributed by atoms with Crippen LogP contribution < -0.4 is 5.73 Å². The third-order valence-electron chi connectivity index (χ3n) is 5.81. The Hall–Kier alpha value is -0.0400. The average Bonchev–Trinajstić information content (AvgIpc) is 2.55. The van der Waals surface area contributed by atoms with E-state index in [1.165, 1.54) is 32.1 Å². The Balaban J connectivity index is 1.72. The van der Waals surface area contributed by atoms with Crippen LogP contribution in [0.1, 0.15) is 38.5 Å². The van der Waals surface area contributed by atoms with Gasteiger partial charge in [0.25, 0.3) is 0 Å². The molecule has 4 fully saturated rings. The molecule has 4 saturated carbocycles. The van der Waals surface area contributed by atoms with E-state index in [4.69, 9.17) is 5.73 Å². The number of nitrogens with two attached hydrogens (primary N) is 1. The van der Waals surface area contributed by atoms with Gasteiger partial charge in [0, 0.05) is 6.04 Å². The molecule has 0 heterocycles. The van der Waals surface area contributed by atoms with Gasteiger partial charge < -0.3 is 5.73 Å². The number of hydrogen-bond donors (Lipinski definition) is 1. The lowest BCUT2D eigenvalue weighted by atomic mass is 9.67. The van der Waals surface area contributed by atoms with E-state index in [2.05, 4.69) is 0 Å². The zero-order valence-corrected chi connectivity index (χ0v) is 8.21. The van der Waals surface area contributed by atoms with Gasteiger partial charge in [-0.1, -0.05) is 0 Å². The van der Waals surface area contributed by atoms with Crippen molar-refractivity contribution in [2.75, 3.05) is 0 Å². The van der Waals surface area contributed by atoms with Gasteiger partial charge in [0.05, 0.1) is 0 Å². The minimum Gasteiger partial charge on any atom is -0.327 e. The minimum absolute atomic E-state index is 0.596. The van der Waals surface area contributed by atoms with E-state index in [0.29, 0.717) is 11.5 Å². The fraction of sp³-hybridized carbons (Fsp3) is 1.00. The van der Waals surface area contributed by atoms with Crippen LogP contribution in [0.3, 0.4) is 0 Å². The van der Waals surface area contributed by atoms with Gasteiger partial charge in [0.15, 0.2) is 0 Å². The van der Waals surface area contributed by atoms with Crippen LogP contribution in [0.2, 0.25) is 0 Å². The van der Waals surface area contributed by atoms with E-state index in [0.717, 1.165) is 23.7 Å². The molecule has 1 heteroatoms. The molecule has 13 heavy (non-hydrogen) atoms. The molecule has 0 aromatic rings. The Bertz CT molecular complexity index is 246. The maximum Gasteiger partial charge on any atom is 0.0127 e. The maximum absolute atomic E-state index is 6.44. The molecule has 4 aliphatic rings. The SMILES string of the molecule is N[C@@H]1[C@@H]2CC[C@@H](C2)C12CC1CC1C2. The van der Waals surface area contributed by atoms with E-state index in [1.54, 1.807) is 6.42 Å². The summed E-state index contributed by atoms with van der Waals surface area (Å²) in [7, 11) is 0. The zero-order chi connectivity index (χ0) is 8.63. The van der Waals surface area contributed by atoms with Crippen molar-refractivity contribution < 1.29 is 0 Å². The predicted octanol–water partition coefficient (Wildman–Crippen LogP) is 2.16. The van der Waals surface area contributed by atoms with Crippen molar-refractivity contribution in [3.63, 3.8) is 0 Å². The molecule has 2 N–H and O–H groups in total. The molecule has 0 aromatic heterocycles. The van der Waals surface area contributed by atoms with Crippen molar-refractivity contribution in [3.8, 4) is 0 Å². The van der Waals surface area contributed by atoms with E-state index in [1.807, 2.05) is 0 Å². The quantitative estimate of drug-likeness (QED) is 0.603. The highest BCUT2D eigenvalue weighted by atomic mass is 14.8. The van der Waals surface area contributed by atoms with Crippen LogP contribution in [0.4, 0.5) is 0 Å². The van der Waals surface area contributed by atoms with Crippen LogP contribution in [0.5, 0.6) is 0 Å². The summed E-state index contributed by atoms with van der Waals surface area (Å²) in [6.45, 7) is 0. The van der Waals surface area contributed by atoms with Gasteiger partial charge in [-0.2, -0.15) is 0 Å². The standard InChI is InChI=1S/C12H19N/c13-11-7-1-2-10(4-7)12(11)5-8-3-9(8)6-12/h7-11H,1-6,13H2/t7-,8?,9?,10+,11-,12?/m1/s1. The van der Waals surface area contributed by atoms with Gasteiger partial charge >= 0.3 is 0 Å². The van der Waals surface area contributed by atoms with Gasteiger partial charge in [-0.15, -0.1) is 0 Å². The summed E-state index contributed by atoms with van der Waals surface area (Å²) in [5.74, 6) is 4.19. The van der Waals surface area contributed by atoms with Crippen LogP contribution in [0.15, 0.2) is 0 Å². The monoisotopic (exact) mass is 177 g/mol. The lowest BCUT2D eigenvalue weighted by Gasteiger charge is -2.40. The van der Waals surface area contributed by atoms with Gasteiger partial charge in [-0.05, 0) is 67.6 Å². The second kappa shape index (κ2) is 1.98. The summed E-state index contributed by atoms with van der Waals surface area (Å²) in [6.07, 6.45) is 9.02. The molecule has 0 amide bonds. The molecule has 1 nitrogen and oxygen atoms in total. The summed E-state index contributed by atoms with van der Waals surface area (Å²) >= 11 is 0. The maximum atomic E-state index is 6.44. The van der Waals surface area contributed by atoms with Crippen LogP contribution in [-0.2, 0) is 0 Å². The van der Waals surface area contributed by atoms with E-state index >= 15 is 0 Å². The third-order valence-corrected chi connectivity index (χ3v) is 5.81. The summed E-state index contributed by atoms with van der Waals surface area (Å²) in [6, 6.07) is 0.596. The van der Waals surface area contributed by atoms with E-state index in [-0.39, 0.29) is 0 Å². The Morgan fingerprint density at radius 1 is 0.923 bits per heavy atom. The van der Waals surface area contributed by atoms with E-state index < -0.39 is 0 Å². The van der Waals surface area contributed by atoms with Crippen LogP contribution >= 0.6 is 0 Å². The molecule has 0 radical (unpaired) electrons. The second-order valence-corrected chi connectivity index (χ2v) is 6.19. The third kappa shape index (κ3) is 0.707. The Morgan fingerprint density at radius 2 is 1.69 bits per heavy atom. The molecule has 0 aromatic carbocycles. The summed E-state index contributed by atoms with van der Waals surface area (Å²) in [5.41, 5.74) is 7.11. The first-order valence-corrected chi connectivity index (χ1v) is 6.05. The van der Waals surface area contributed by atoms with Crippen molar-refractivity contribution >= 4 is 0 Å². The molecule has 4 aliphatic carbocycles. The Kier molecular flexibility index (Phi) is 1.11. The molecular weight excluding hydrogens is 158 g/mol. The zero-order valence-electron chi connectivity index (χ0n) is 8.21. The Morgan fingerprint density at radius 3 is 2.31 bits per heavy atom. The molecule has 5 atom stereocenters. The van der Waals surface area contributed by atoms with Crippen molar-refractivity contribution in [3.05, 3.63) is 0 Å². The van der Waals surface area contributed by atoms with Gasteiger partial charge in [0.1, 0.15) is 0 Å². The molecule has 0 saturated heterocycles. The lowest BCUT2D eigenvalue weighted by molar-refractivity contribution is 0.121. The summed E-state index contributed by atoms with van der Waals surface area (Å²) < 4.78 is 0. The molecule has 4 rings (SSSR count). The highest BCUT2D eigenvalue weighted by Crippen LogP contribution is 2.70. The molecular formula is C12H19N. The summed E-state index contributed by atoms with van der Waals surface area (Å²) in [5, 5.41) is 0. The second-order valence-electron chi connectivity index (χ2n) is 6.19. The van der Waals surface area contributed by atoms with Crippen molar-refractivity contribution in [2.45, 2.75) is 44.6 Å². The normalized spacial score (nSPS) is 67.6. The highest BCUT2D eigenvalue weighted by molar-refractivity contribution is 5.16. The van der Waals surface area contributed by atoms with Gasteiger partial charge in [-0.3, -0.25) is 0 Å². The molecule has 2 bridgehead atoms. The average molecular weight is 177 g/mol. The first kappa shape index (κ1) is 7.28. The van der Waals surface area contributed by atoms with Crippen LogP contribution in [0, 0.1) is 29.1 Å². The molecule has 2 unspecified atom stereocenters. The van der Waals surface area contributed by atoms with Crippen molar-refractivity contribution in [2.24, 2.45) is 34.8 Å². The van der Waals surface area contributed by atoms with Gasteiger partial charge in [0.2, 0.25) is 0 Å². The smallest absolute Gasteiger partial charge is 0.0127 e. The largest absolute Gasteiger partial charge is 0.327 e. The minimum atomic E-state index is 0.596. The van der Waals surface area contributed by atoms with Crippen molar-refractivity contribution in [1.29, 1.82) is 0 Å². The van der Waals surface area contributed by atoms with Crippen molar-refractivity contribution in [1.82, 2.24) is 0 Å². The fourth-order valence-electron chi connectivity index (χ4n) is 5.08. The number of hydrogen-bond acceptors (Lipinski definition) is 1. The predicted molar refractivity (Wildman–Crippen MR) is 52.1 cm³/mol. The first-order valence-electron chi connectivity index (χ1n) is 6.05.